The first-order chi connectivity index (χ1) is 10.1. The highest BCUT2D eigenvalue weighted by Crippen LogP contribution is 2.19. The first-order valence-corrected chi connectivity index (χ1v) is 7.79. The third kappa shape index (κ3) is 4.83. The Labute approximate surface area is 127 Å². The van der Waals surface area contributed by atoms with E-state index >= 15 is 0 Å². The van der Waals surface area contributed by atoms with Gasteiger partial charge in [0.05, 0.1) is 12.7 Å². The van der Waals surface area contributed by atoms with E-state index in [9.17, 15) is 4.79 Å². The lowest BCUT2D eigenvalue weighted by Crippen LogP contribution is -2.33. The Morgan fingerprint density at radius 3 is 2.71 bits per heavy atom. The molecule has 4 nitrogen and oxygen atoms in total. The monoisotopic (exact) mass is 290 g/mol. The number of hydrogen-bond acceptors (Lipinski definition) is 3. The highest BCUT2D eigenvalue weighted by molar-refractivity contribution is 5.95. The van der Waals surface area contributed by atoms with Crippen molar-refractivity contribution in [2.45, 2.75) is 51.7 Å². The predicted octanol–water partition coefficient (Wildman–Crippen LogP) is 2.32. The zero-order valence-corrected chi connectivity index (χ0v) is 13.0. The normalized spacial score (nSPS) is 22.0. The Bertz CT molecular complexity index is 480. The molecule has 0 spiro atoms. The molecule has 1 amide bonds. The van der Waals surface area contributed by atoms with Gasteiger partial charge in [0, 0.05) is 18.2 Å². The lowest BCUT2D eigenvalue weighted by molar-refractivity contribution is 0.0267. The summed E-state index contributed by atoms with van der Waals surface area (Å²) < 4.78 is 5.80. The van der Waals surface area contributed by atoms with Crippen LogP contribution in [0.15, 0.2) is 18.2 Å². The number of hydrogen-bond donors (Lipinski definition) is 2. The maximum Gasteiger partial charge on any atom is 0.251 e. The maximum atomic E-state index is 12.1. The van der Waals surface area contributed by atoms with E-state index in [2.05, 4.69) is 5.32 Å². The molecule has 116 valence electrons. The van der Waals surface area contributed by atoms with E-state index in [0.717, 1.165) is 42.4 Å². The molecule has 0 aliphatic heterocycles. The van der Waals surface area contributed by atoms with Crippen molar-refractivity contribution >= 4 is 5.91 Å². The smallest absolute Gasteiger partial charge is 0.251 e. The van der Waals surface area contributed by atoms with Crippen LogP contribution < -0.4 is 11.1 Å². The number of nitrogens with one attached hydrogen (secondary N) is 1. The van der Waals surface area contributed by atoms with Gasteiger partial charge in [-0.2, -0.15) is 0 Å². The number of ether oxygens (including phenoxy) is 1. The molecular weight excluding hydrogens is 264 g/mol. The average molecular weight is 290 g/mol. The van der Waals surface area contributed by atoms with Crippen molar-refractivity contribution in [1.82, 2.24) is 5.32 Å². The first kappa shape index (κ1) is 16.0. The van der Waals surface area contributed by atoms with E-state index in [-0.39, 0.29) is 5.91 Å². The van der Waals surface area contributed by atoms with Crippen molar-refractivity contribution in [3.05, 3.63) is 34.9 Å². The largest absolute Gasteiger partial charge is 0.376 e. The third-order valence-corrected chi connectivity index (χ3v) is 4.10. The van der Waals surface area contributed by atoms with Crippen molar-refractivity contribution < 1.29 is 9.53 Å². The Hall–Kier alpha value is -1.39. The summed E-state index contributed by atoms with van der Waals surface area (Å²) in [5, 5.41) is 2.93. The summed E-state index contributed by atoms with van der Waals surface area (Å²) in [4.78, 5) is 12.1. The zero-order valence-electron chi connectivity index (χ0n) is 13.0. The molecule has 0 aromatic heterocycles. The minimum Gasteiger partial charge on any atom is -0.376 e. The molecule has 0 atom stereocenters. The van der Waals surface area contributed by atoms with E-state index in [1.165, 1.54) is 0 Å². The van der Waals surface area contributed by atoms with Gasteiger partial charge in [-0.15, -0.1) is 0 Å². The summed E-state index contributed by atoms with van der Waals surface area (Å²) in [6, 6.07) is 6.26. The molecule has 4 heteroatoms. The first-order valence-electron chi connectivity index (χ1n) is 7.79. The molecule has 0 heterocycles. The fraction of sp³-hybridized carbons (Fsp3) is 0.588. The molecule has 1 fully saturated rings. The molecule has 1 aromatic rings. The summed E-state index contributed by atoms with van der Waals surface area (Å²) in [6.45, 7) is 5.06. The number of carbonyl (C=O) groups excluding carboxylic acids is 1. The highest BCUT2D eigenvalue weighted by Gasteiger charge is 2.18. The van der Waals surface area contributed by atoms with Crippen molar-refractivity contribution in [1.29, 1.82) is 0 Å². The Kier molecular flexibility index (Phi) is 5.76. The average Bonchev–Trinajstić information content (AvgIpc) is 2.47. The second-order valence-electron chi connectivity index (χ2n) is 5.98. The quantitative estimate of drug-likeness (QED) is 0.818. The number of carbonyl (C=O) groups is 1. The molecule has 0 radical (unpaired) electrons. The van der Waals surface area contributed by atoms with E-state index in [4.69, 9.17) is 10.5 Å². The molecule has 1 aliphatic carbocycles. The van der Waals surface area contributed by atoms with Crippen LogP contribution in [-0.4, -0.2) is 31.2 Å². The lowest BCUT2D eigenvalue weighted by Gasteiger charge is -2.26. The van der Waals surface area contributed by atoms with Crippen molar-refractivity contribution in [2.75, 3.05) is 13.2 Å². The number of rotatable bonds is 5. The van der Waals surface area contributed by atoms with Crippen LogP contribution in [0, 0.1) is 13.8 Å². The molecule has 21 heavy (non-hydrogen) atoms. The van der Waals surface area contributed by atoms with Crippen LogP contribution in [0.5, 0.6) is 0 Å². The van der Waals surface area contributed by atoms with Gasteiger partial charge in [-0.05, 0) is 51.2 Å². The Morgan fingerprint density at radius 1 is 1.29 bits per heavy atom. The fourth-order valence-electron chi connectivity index (χ4n) is 2.72. The van der Waals surface area contributed by atoms with Crippen LogP contribution >= 0.6 is 0 Å². The van der Waals surface area contributed by atoms with E-state index < -0.39 is 0 Å². The molecule has 3 N–H and O–H groups in total. The molecule has 1 aromatic carbocycles. The minimum atomic E-state index is -0.0227. The van der Waals surface area contributed by atoms with Crippen molar-refractivity contribution in [3.63, 3.8) is 0 Å². The fourth-order valence-corrected chi connectivity index (χ4v) is 2.72. The van der Waals surface area contributed by atoms with E-state index in [0.29, 0.717) is 25.3 Å². The van der Waals surface area contributed by atoms with Gasteiger partial charge in [0.25, 0.3) is 5.91 Å². The molecular formula is C17H26N2O2. The van der Waals surface area contributed by atoms with Gasteiger partial charge >= 0.3 is 0 Å². The van der Waals surface area contributed by atoms with Crippen LogP contribution in [0.4, 0.5) is 0 Å². The third-order valence-electron chi connectivity index (χ3n) is 4.10. The minimum absolute atomic E-state index is 0.0227. The molecule has 2 rings (SSSR count). The van der Waals surface area contributed by atoms with Gasteiger partial charge < -0.3 is 15.8 Å². The summed E-state index contributed by atoms with van der Waals surface area (Å²) >= 11 is 0. The van der Waals surface area contributed by atoms with E-state index in [1.807, 2.05) is 32.0 Å². The summed E-state index contributed by atoms with van der Waals surface area (Å²) in [6.07, 6.45) is 4.46. The second-order valence-corrected chi connectivity index (χ2v) is 5.98. The SMILES string of the molecule is Cc1ccc(C)c(C(=O)NCCOC2CCC(N)CC2)c1. The van der Waals surface area contributed by atoms with Crippen LogP contribution in [0.3, 0.4) is 0 Å². The van der Waals surface area contributed by atoms with Crippen LogP contribution in [-0.2, 0) is 4.74 Å². The highest BCUT2D eigenvalue weighted by atomic mass is 16.5. The predicted molar refractivity (Wildman–Crippen MR) is 84.4 cm³/mol. The topological polar surface area (TPSA) is 64.3 Å². The van der Waals surface area contributed by atoms with Gasteiger partial charge in [-0.1, -0.05) is 17.7 Å². The van der Waals surface area contributed by atoms with Gasteiger partial charge in [-0.3, -0.25) is 4.79 Å². The van der Waals surface area contributed by atoms with Gasteiger partial charge in [0.15, 0.2) is 0 Å². The van der Waals surface area contributed by atoms with Crippen molar-refractivity contribution in [2.24, 2.45) is 5.73 Å². The maximum absolute atomic E-state index is 12.1. The van der Waals surface area contributed by atoms with Gasteiger partial charge in [-0.25, -0.2) is 0 Å². The van der Waals surface area contributed by atoms with Gasteiger partial charge in [0.1, 0.15) is 0 Å². The standard InChI is InChI=1S/C17H26N2O2/c1-12-3-4-13(2)16(11-12)17(20)19-9-10-21-15-7-5-14(18)6-8-15/h3-4,11,14-15H,5-10,18H2,1-2H3,(H,19,20). The van der Waals surface area contributed by atoms with Crippen LogP contribution in [0.1, 0.15) is 47.2 Å². The summed E-state index contributed by atoms with van der Waals surface area (Å²) in [7, 11) is 0. The van der Waals surface area contributed by atoms with Gasteiger partial charge in [0.2, 0.25) is 0 Å². The molecule has 0 unspecified atom stereocenters. The van der Waals surface area contributed by atoms with E-state index in [1.54, 1.807) is 0 Å². The summed E-state index contributed by atoms with van der Waals surface area (Å²) in [5.74, 6) is -0.0227. The molecule has 0 bridgehead atoms. The molecule has 1 aliphatic rings. The molecule has 0 saturated heterocycles. The Morgan fingerprint density at radius 2 is 2.00 bits per heavy atom. The molecule has 1 saturated carbocycles. The lowest BCUT2D eigenvalue weighted by atomic mass is 9.94. The van der Waals surface area contributed by atoms with Crippen LogP contribution in [0.2, 0.25) is 0 Å². The zero-order chi connectivity index (χ0) is 15.2. The number of nitrogens with two attached hydrogens (primary N) is 1. The second kappa shape index (κ2) is 7.57. The Balaban J connectivity index is 1.71. The van der Waals surface area contributed by atoms with Crippen molar-refractivity contribution in [3.8, 4) is 0 Å². The number of amides is 1. The summed E-state index contributed by atoms with van der Waals surface area (Å²) in [5.41, 5.74) is 8.72. The van der Waals surface area contributed by atoms with Crippen LogP contribution in [0.25, 0.3) is 0 Å². The number of benzene rings is 1. The number of aryl methyl sites for hydroxylation is 2.